The fourth-order valence-corrected chi connectivity index (χ4v) is 4.27. The molecule has 0 radical (unpaired) electrons. The van der Waals surface area contributed by atoms with Crippen LogP contribution >= 0.6 is 0 Å². The summed E-state index contributed by atoms with van der Waals surface area (Å²) in [6.45, 7) is 10.6. The van der Waals surface area contributed by atoms with Gasteiger partial charge in [-0.25, -0.2) is 9.97 Å². The monoisotopic (exact) mass is 432 g/mol. The molecule has 0 fully saturated rings. The minimum absolute atomic E-state index is 0.0480. The second-order valence-corrected chi connectivity index (χ2v) is 8.40. The average molecular weight is 433 g/mol. The Morgan fingerprint density at radius 3 is 2.69 bits per heavy atom. The first kappa shape index (κ1) is 20.4. The van der Waals surface area contributed by atoms with Crippen molar-refractivity contribution >= 4 is 16.9 Å². The molecule has 0 saturated carbocycles. The number of anilines is 1. The maximum Gasteiger partial charge on any atom is 0.161 e. The van der Waals surface area contributed by atoms with Gasteiger partial charge in [0, 0.05) is 17.8 Å². The molecule has 8 heteroatoms. The molecule has 166 valence electrons. The van der Waals surface area contributed by atoms with Gasteiger partial charge in [0.05, 0.1) is 23.3 Å². The summed E-state index contributed by atoms with van der Waals surface area (Å²) < 4.78 is 13.5. The molecule has 1 aromatic carbocycles. The van der Waals surface area contributed by atoms with E-state index in [-0.39, 0.29) is 6.04 Å². The van der Waals surface area contributed by atoms with Gasteiger partial charge in [-0.05, 0) is 43.5 Å². The van der Waals surface area contributed by atoms with Crippen LogP contribution in [0.1, 0.15) is 38.1 Å². The molecule has 32 heavy (non-hydrogen) atoms. The zero-order valence-electron chi connectivity index (χ0n) is 18.8. The summed E-state index contributed by atoms with van der Waals surface area (Å²) in [5.41, 5.74) is 5.11. The molecule has 0 amide bonds. The molecule has 0 aliphatic carbocycles. The lowest BCUT2D eigenvalue weighted by Gasteiger charge is -2.26. The molecule has 1 aliphatic heterocycles. The van der Waals surface area contributed by atoms with Crippen LogP contribution in [0.25, 0.3) is 22.3 Å². The number of nitrogens with one attached hydrogen (secondary N) is 2. The highest BCUT2D eigenvalue weighted by molar-refractivity contribution is 5.91. The smallest absolute Gasteiger partial charge is 0.161 e. The second-order valence-electron chi connectivity index (χ2n) is 8.40. The normalized spacial score (nSPS) is 14.2. The number of rotatable bonds is 6. The van der Waals surface area contributed by atoms with Crippen LogP contribution in [0, 0.1) is 12.8 Å². The molecule has 8 nitrogen and oxygen atoms in total. The topological polar surface area (TPSA) is 89.9 Å². The van der Waals surface area contributed by atoms with Crippen molar-refractivity contribution in [1.29, 1.82) is 0 Å². The van der Waals surface area contributed by atoms with Crippen molar-refractivity contribution in [1.82, 2.24) is 24.7 Å². The quantitative estimate of drug-likeness (QED) is 0.458. The Labute approximate surface area is 187 Å². The van der Waals surface area contributed by atoms with Crippen molar-refractivity contribution in [3.63, 3.8) is 0 Å². The Bertz CT molecular complexity index is 1260. The third kappa shape index (κ3) is 3.55. The number of benzene rings is 1. The zero-order chi connectivity index (χ0) is 22.2. The molecule has 0 saturated heterocycles. The summed E-state index contributed by atoms with van der Waals surface area (Å²) in [5.74, 6) is 2.71. The first-order valence-electron chi connectivity index (χ1n) is 11.1. The summed E-state index contributed by atoms with van der Waals surface area (Å²) in [6.07, 6.45) is 3.49. The van der Waals surface area contributed by atoms with Gasteiger partial charge in [0.2, 0.25) is 0 Å². The second kappa shape index (κ2) is 8.18. The van der Waals surface area contributed by atoms with Crippen LogP contribution in [0.2, 0.25) is 0 Å². The number of hydrogen-bond acceptors (Lipinski definition) is 6. The summed E-state index contributed by atoms with van der Waals surface area (Å²) in [6, 6.07) is 8.29. The van der Waals surface area contributed by atoms with Gasteiger partial charge < -0.3 is 19.8 Å². The van der Waals surface area contributed by atoms with Crippen molar-refractivity contribution in [2.45, 2.75) is 40.3 Å². The molecule has 0 spiro atoms. The predicted octanol–water partition coefficient (Wildman–Crippen LogP) is 4.73. The largest absolute Gasteiger partial charge is 0.486 e. The van der Waals surface area contributed by atoms with Crippen LogP contribution in [0.4, 0.5) is 5.82 Å². The van der Waals surface area contributed by atoms with Gasteiger partial charge >= 0.3 is 0 Å². The summed E-state index contributed by atoms with van der Waals surface area (Å²) >= 11 is 0. The third-order valence-corrected chi connectivity index (χ3v) is 6.00. The van der Waals surface area contributed by atoms with Crippen LogP contribution in [0.5, 0.6) is 11.5 Å². The van der Waals surface area contributed by atoms with E-state index in [1.54, 1.807) is 6.33 Å². The molecule has 2 N–H and O–H groups in total. The van der Waals surface area contributed by atoms with E-state index in [1.807, 2.05) is 16.9 Å². The number of fused-ring (bicyclic) bond motifs is 2. The Balaban J connectivity index is 1.50. The Hall–Kier alpha value is -3.55. The Morgan fingerprint density at radius 1 is 1.12 bits per heavy atom. The van der Waals surface area contributed by atoms with E-state index in [0.717, 1.165) is 57.4 Å². The van der Waals surface area contributed by atoms with E-state index in [0.29, 0.717) is 19.1 Å². The number of aryl methyl sites for hydroxylation is 1. The Morgan fingerprint density at radius 2 is 1.94 bits per heavy atom. The molecule has 1 aliphatic rings. The van der Waals surface area contributed by atoms with Crippen molar-refractivity contribution in [3.05, 3.63) is 48.0 Å². The highest BCUT2D eigenvalue weighted by Gasteiger charge is 2.22. The number of nitrogens with zero attached hydrogens (tertiary/aromatic N) is 4. The first-order valence-corrected chi connectivity index (χ1v) is 11.1. The van der Waals surface area contributed by atoms with Gasteiger partial charge in [-0.15, -0.1) is 0 Å². The minimum atomic E-state index is 0.0480. The molecular weight excluding hydrogens is 404 g/mol. The molecular formula is C24H28N6O2. The SMILES string of the molecule is CCn1ncc(-c2cc3c(N[C@@H](c4ccc5c(c4)OCCO5)C(C)C)ncnc3[nH]2)c1C. The van der Waals surface area contributed by atoms with E-state index >= 15 is 0 Å². The van der Waals surface area contributed by atoms with Crippen LogP contribution in [-0.2, 0) is 6.54 Å². The Kier molecular flexibility index (Phi) is 5.20. The van der Waals surface area contributed by atoms with Crippen molar-refractivity contribution in [3.8, 4) is 22.8 Å². The number of aromatic amines is 1. The van der Waals surface area contributed by atoms with Crippen molar-refractivity contribution in [2.24, 2.45) is 5.92 Å². The van der Waals surface area contributed by atoms with Crippen molar-refractivity contribution in [2.75, 3.05) is 18.5 Å². The fraction of sp³-hybridized carbons (Fsp3) is 0.375. The molecule has 3 aromatic heterocycles. The first-order chi connectivity index (χ1) is 15.5. The molecule has 5 rings (SSSR count). The maximum absolute atomic E-state index is 5.80. The third-order valence-electron chi connectivity index (χ3n) is 6.00. The number of H-pyrrole nitrogens is 1. The van der Waals surface area contributed by atoms with E-state index in [1.165, 1.54) is 0 Å². The van der Waals surface area contributed by atoms with Crippen LogP contribution < -0.4 is 14.8 Å². The standard InChI is InChI=1S/C24H28N6O2/c1-5-30-15(4)18(12-27-30)19-11-17-23(28-19)25-13-26-24(17)29-22(14(2)3)16-6-7-20-21(10-16)32-9-8-31-20/h6-7,10-14,22H,5,8-9H2,1-4H3,(H2,25,26,28,29)/t22-/m1/s1. The van der Waals surface area contributed by atoms with Gasteiger partial charge in [0.1, 0.15) is 31.0 Å². The number of hydrogen-bond donors (Lipinski definition) is 2. The number of ether oxygens (including phenoxy) is 2. The summed E-state index contributed by atoms with van der Waals surface area (Å²) in [7, 11) is 0. The molecule has 4 aromatic rings. The summed E-state index contributed by atoms with van der Waals surface area (Å²) in [4.78, 5) is 12.5. The lowest BCUT2D eigenvalue weighted by molar-refractivity contribution is 0.171. The fourth-order valence-electron chi connectivity index (χ4n) is 4.27. The molecule has 4 heterocycles. The zero-order valence-corrected chi connectivity index (χ0v) is 18.8. The average Bonchev–Trinajstić information content (AvgIpc) is 3.40. The highest BCUT2D eigenvalue weighted by atomic mass is 16.6. The maximum atomic E-state index is 5.80. The van der Waals surface area contributed by atoms with Crippen LogP contribution in [-0.4, -0.2) is 37.9 Å². The van der Waals surface area contributed by atoms with E-state index in [2.05, 4.69) is 71.3 Å². The van der Waals surface area contributed by atoms with Gasteiger partial charge in [-0.1, -0.05) is 19.9 Å². The van der Waals surface area contributed by atoms with Crippen molar-refractivity contribution < 1.29 is 9.47 Å². The molecule has 1 atom stereocenters. The van der Waals surface area contributed by atoms with E-state index in [4.69, 9.17) is 9.47 Å². The lowest BCUT2D eigenvalue weighted by atomic mass is 9.95. The van der Waals surface area contributed by atoms with E-state index < -0.39 is 0 Å². The van der Waals surface area contributed by atoms with Crippen LogP contribution in [0.15, 0.2) is 36.8 Å². The van der Waals surface area contributed by atoms with Crippen LogP contribution in [0.3, 0.4) is 0 Å². The highest BCUT2D eigenvalue weighted by Crippen LogP contribution is 2.37. The lowest BCUT2D eigenvalue weighted by Crippen LogP contribution is -2.19. The molecule has 0 bridgehead atoms. The van der Waals surface area contributed by atoms with E-state index in [9.17, 15) is 0 Å². The van der Waals surface area contributed by atoms with Gasteiger partial charge in [0.25, 0.3) is 0 Å². The molecule has 0 unspecified atom stereocenters. The summed E-state index contributed by atoms with van der Waals surface area (Å²) in [5, 5.41) is 9.08. The predicted molar refractivity (Wildman–Crippen MR) is 124 cm³/mol. The van der Waals surface area contributed by atoms with Gasteiger partial charge in [-0.3, -0.25) is 4.68 Å². The number of aromatic nitrogens is 5. The van der Waals surface area contributed by atoms with Gasteiger partial charge in [-0.2, -0.15) is 5.10 Å². The minimum Gasteiger partial charge on any atom is -0.486 e. The van der Waals surface area contributed by atoms with Gasteiger partial charge in [0.15, 0.2) is 11.5 Å².